The second kappa shape index (κ2) is 8.21. The maximum atomic E-state index is 13.1. The summed E-state index contributed by atoms with van der Waals surface area (Å²) < 4.78 is 40.4. The molecule has 1 aromatic heterocycles. The van der Waals surface area contributed by atoms with Gasteiger partial charge >= 0.3 is 0 Å². The third-order valence-corrected chi connectivity index (χ3v) is 8.31. The molecule has 154 valence electrons. The first-order valence-corrected chi connectivity index (χ1v) is 12.0. The third kappa shape index (κ3) is 4.25. The fraction of sp³-hybridized carbons (Fsp3) is 0.100. The molecule has 2 heterocycles. The van der Waals surface area contributed by atoms with Crippen LogP contribution in [-0.4, -0.2) is 25.5 Å². The van der Waals surface area contributed by atoms with Crippen molar-refractivity contribution in [2.75, 3.05) is 9.62 Å². The van der Waals surface area contributed by atoms with E-state index in [1.54, 1.807) is 35.7 Å². The molecule has 1 N–H and O–H groups in total. The number of hydrogen-bond acceptors (Lipinski definition) is 6. The van der Waals surface area contributed by atoms with E-state index < -0.39 is 21.1 Å². The van der Waals surface area contributed by atoms with Gasteiger partial charge in [-0.2, -0.15) is 0 Å². The SMILES string of the molecule is O=C1CC(Sc2ccc(NS(=O)(=O)c3cccs3)cc2)C(=O)N1c1ccc(F)cc1. The van der Waals surface area contributed by atoms with Gasteiger partial charge in [0.2, 0.25) is 11.8 Å². The van der Waals surface area contributed by atoms with Crippen LogP contribution in [0.25, 0.3) is 0 Å². The number of benzene rings is 2. The third-order valence-electron chi connectivity index (χ3n) is 4.33. The average Bonchev–Trinajstić information content (AvgIpc) is 3.34. The molecule has 1 atom stereocenters. The van der Waals surface area contributed by atoms with Gasteiger partial charge in [-0.25, -0.2) is 17.7 Å². The van der Waals surface area contributed by atoms with Crippen molar-refractivity contribution in [2.45, 2.75) is 20.8 Å². The first-order chi connectivity index (χ1) is 14.3. The van der Waals surface area contributed by atoms with E-state index in [2.05, 4.69) is 4.72 Å². The van der Waals surface area contributed by atoms with Gasteiger partial charge < -0.3 is 0 Å². The predicted molar refractivity (Wildman–Crippen MR) is 115 cm³/mol. The number of thioether (sulfide) groups is 1. The normalized spacial score (nSPS) is 16.8. The summed E-state index contributed by atoms with van der Waals surface area (Å²) in [6, 6.07) is 15.0. The molecule has 1 fully saturated rings. The topological polar surface area (TPSA) is 83.5 Å². The van der Waals surface area contributed by atoms with Gasteiger partial charge in [0.15, 0.2) is 0 Å². The summed E-state index contributed by atoms with van der Waals surface area (Å²) in [6.07, 6.45) is 0.0354. The number of hydrogen-bond donors (Lipinski definition) is 1. The maximum Gasteiger partial charge on any atom is 0.271 e. The number of nitrogens with zero attached hydrogens (tertiary/aromatic N) is 1. The van der Waals surface area contributed by atoms with Crippen LogP contribution in [0.3, 0.4) is 0 Å². The molecule has 3 aromatic rings. The predicted octanol–water partition coefficient (Wildman–Crippen LogP) is 4.11. The number of imide groups is 1. The Bertz CT molecular complexity index is 1180. The average molecular weight is 463 g/mol. The van der Waals surface area contributed by atoms with Gasteiger partial charge in [-0.05, 0) is 60.0 Å². The monoisotopic (exact) mass is 462 g/mol. The van der Waals surface area contributed by atoms with Crippen molar-refractivity contribution in [3.8, 4) is 0 Å². The molecule has 30 heavy (non-hydrogen) atoms. The minimum atomic E-state index is -3.63. The number of nitrogens with one attached hydrogen (secondary N) is 1. The number of thiophene rings is 1. The maximum absolute atomic E-state index is 13.1. The smallest absolute Gasteiger partial charge is 0.271 e. The van der Waals surface area contributed by atoms with E-state index in [9.17, 15) is 22.4 Å². The molecule has 0 radical (unpaired) electrons. The lowest BCUT2D eigenvalue weighted by Gasteiger charge is -2.15. The van der Waals surface area contributed by atoms with Crippen molar-refractivity contribution >= 4 is 56.3 Å². The molecular weight excluding hydrogens is 447 g/mol. The van der Waals surface area contributed by atoms with Crippen LogP contribution in [0.5, 0.6) is 0 Å². The number of carbonyl (C=O) groups is 2. The zero-order valence-electron chi connectivity index (χ0n) is 15.3. The number of anilines is 2. The molecule has 1 unspecified atom stereocenters. The second-order valence-corrected chi connectivity index (χ2v) is 10.5. The van der Waals surface area contributed by atoms with Gasteiger partial charge in [0.05, 0.1) is 10.9 Å². The molecule has 0 aliphatic carbocycles. The Morgan fingerprint density at radius 1 is 1.03 bits per heavy atom. The molecular formula is C20H15FN2O4S3. The standard InChI is InChI=1S/C20H15FN2O4S3/c21-13-3-7-15(8-4-13)23-18(24)12-17(20(23)25)29-16-9-5-14(6-10-16)22-30(26,27)19-2-1-11-28-19/h1-11,17,22H,12H2. The van der Waals surface area contributed by atoms with Crippen molar-refractivity contribution in [3.63, 3.8) is 0 Å². The summed E-state index contributed by atoms with van der Waals surface area (Å²) >= 11 is 2.35. The highest BCUT2D eigenvalue weighted by Crippen LogP contribution is 2.34. The minimum Gasteiger partial charge on any atom is -0.279 e. The quantitative estimate of drug-likeness (QED) is 0.558. The molecule has 4 rings (SSSR count). The molecule has 1 aliphatic rings. The van der Waals surface area contributed by atoms with Crippen molar-refractivity contribution < 1.29 is 22.4 Å². The first kappa shape index (κ1) is 20.6. The Hall–Kier alpha value is -2.69. The summed E-state index contributed by atoms with van der Waals surface area (Å²) in [5.74, 6) is -1.15. The van der Waals surface area contributed by atoms with Gasteiger partial charge in [0.1, 0.15) is 10.0 Å². The van der Waals surface area contributed by atoms with Crippen LogP contribution in [0, 0.1) is 5.82 Å². The number of carbonyl (C=O) groups excluding carboxylic acids is 2. The molecule has 6 nitrogen and oxygen atoms in total. The minimum absolute atomic E-state index is 0.0354. The first-order valence-electron chi connectivity index (χ1n) is 8.79. The summed E-state index contributed by atoms with van der Waals surface area (Å²) in [6.45, 7) is 0. The molecule has 1 saturated heterocycles. The van der Waals surface area contributed by atoms with Gasteiger partial charge in [-0.15, -0.1) is 23.1 Å². The summed E-state index contributed by atoms with van der Waals surface area (Å²) in [5.41, 5.74) is 0.738. The molecule has 2 amide bonds. The van der Waals surface area contributed by atoms with Crippen molar-refractivity contribution in [1.29, 1.82) is 0 Å². The summed E-state index contributed by atoms with van der Waals surface area (Å²) in [5, 5.41) is 1.08. The Labute approximate surface area is 180 Å². The fourth-order valence-corrected chi connectivity index (χ4v) is 6.05. The molecule has 0 saturated carbocycles. The van der Waals surface area contributed by atoms with Crippen LogP contribution in [0.2, 0.25) is 0 Å². The fourth-order valence-electron chi connectivity index (χ4n) is 2.95. The molecule has 0 spiro atoms. The Morgan fingerprint density at radius 3 is 2.37 bits per heavy atom. The van der Waals surface area contributed by atoms with E-state index in [-0.39, 0.29) is 22.4 Å². The van der Waals surface area contributed by atoms with Gasteiger partial charge in [0.25, 0.3) is 10.0 Å². The van der Waals surface area contributed by atoms with E-state index in [4.69, 9.17) is 0 Å². The highest BCUT2D eigenvalue weighted by Gasteiger charge is 2.40. The molecule has 2 aromatic carbocycles. The molecule has 10 heteroatoms. The Kier molecular flexibility index (Phi) is 5.63. The van der Waals surface area contributed by atoms with Crippen LogP contribution >= 0.6 is 23.1 Å². The van der Waals surface area contributed by atoms with Crippen molar-refractivity contribution in [1.82, 2.24) is 0 Å². The number of amides is 2. The van der Waals surface area contributed by atoms with Gasteiger partial charge in [0, 0.05) is 17.0 Å². The van der Waals surface area contributed by atoms with E-state index in [0.717, 1.165) is 21.1 Å². The lowest BCUT2D eigenvalue weighted by Crippen LogP contribution is -2.31. The Balaban J connectivity index is 1.44. The van der Waals surface area contributed by atoms with Crippen LogP contribution in [-0.2, 0) is 19.6 Å². The van der Waals surface area contributed by atoms with E-state index in [1.165, 1.54) is 42.1 Å². The largest absolute Gasteiger partial charge is 0.279 e. The van der Waals surface area contributed by atoms with Crippen LogP contribution in [0.4, 0.5) is 15.8 Å². The van der Waals surface area contributed by atoms with E-state index in [1.807, 2.05) is 0 Å². The lowest BCUT2D eigenvalue weighted by molar-refractivity contribution is -0.121. The molecule has 0 bridgehead atoms. The van der Waals surface area contributed by atoms with Crippen LogP contribution < -0.4 is 9.62 Å². The number of rotatable bonds is 6. The van der Waals surface area contributed by atoms with Gasteiger partial charge in [-0.3, -0.25) is 14.3 Å². The highest BCUT2D eigenvalue weighted by atomic mass is 32.2. The zero-order valence-corrected chi connectivity index (χ0v) is 17.8. The van der Waals surface area contributed by atoms with E-state index >= 15 is 0 Å². The lowest BCUT2D eigenvalue weighted by atomic mass is 10.3. The Morgan fingerprint density at radius 2 is 1.73 bits per heavy atom. The summed E-state index contributed by atoms with van der Waals surface area (Å²) in [4.78, 5) is 26.8. The number of sulfonamides is 1. The highest BCUT2D eigenvalue weighted by molar-refractivity contribution is 8.00. The number of halogens is 1. The second-order valence-electron chi connectivity index (χ2n) is 6.42. The van der Waals surface area contributed by atoms with Crippen LogP contribution in [0.1, 0.15) is 6.42 Å². The zero-order chi connectivity index (χ0) is 21.3. The van der Waals surface area contributed by atoms with E-state index in [0.29, 0.717) is 11.4 Å². The molecule has 1 aliphatic heterocycles. The summed E-state index contributed by atoms with van der Waals surface area (Å²) in [7, 11) is -3.63. The van der Waals surface area contributed by atoms with Gasteiger partial charge in [-0.1, -0.05) is 6.07 Å². The van der Waals surface area contributed by atoms with Crippen molar-refractivity contribution in [3.05, 3.63) is 71.9 Å². The van der Waals surface area contributed by atoms with Crippen molar-refractivity contribution in [2.24, 2.45) is 0 Å². The van der Waals surface area contributed by atoms with Crippen LogP contribution in [0.15, 0.2) is 75.1 Å².